The van der Waals surface area contributed by atoms with Crippen molar-refractivity contribution in [2.24, 2.45) is 0 Å². The summed E-state index contributed by atoms with van der Waals surface area (Å²) in [6, 6.07) is 8.96. The summed E-state index contributed by atoms with van der Waals surface area (Å²) in [5.74, 6) is 0.913. The second-order valence-electron chi connectivity index (χ2n) is 4.79. The van der Waals surface area contributed by atoms with Gasteiger partial charge in [-0.15, -0.1) is 0 Å². The summed E-state index contributed by atoms with van der Waals surface area (Å²) in [6.07, 6.45) is 4.94. The first-order valence-corrected chi connectivity index (χ1v) is 7.04. The molecule has 3 aromatic heterocycles. The van der Waals surface area contributed by atoms with Crippen molar-refractivity contribution in [1.82, 2.24) is 15.5 Å². The molecule has 7 nitrogen and oxygen atoms in total. The average Bonchev–Trinajstić information content (AvgIpc) is 3.25. The van der Waals surface area contributed by atoms with Gasteiger partial charge in [0.15, 0.2) is 5.76 Å². The maximum absolute atomic E-state index is 11.7. The standard InChI is InChI=1S/C16H15N3O4/c20-16(18-9-12-3-1-5-17-8-12)11-21-10-13-7-15(23-19-13)14-4-2-6-22-14/h1-8H,9-11H2,(H,18,20). The zero-order valence-electron chi connectivity index (χ0n) is 12.3. The summed E-state index contributed by atoms with van der Waals surface area (Å²) in [5, 5.41) is 6.61. The summed E-state index contributed by atoms with van der Waals surface area (Å²) >= 11 is 0. The van der Waals surface area contributed by atoms with Gasteiger partial charge in [-0.3, -0.25) is 9.78 Å². The third-order valence-electron chi connectivity index (χ3n) is 3.02. The topological polar surface area (TPSA) is 90.4 Å². The second-order valence-corrected chi connectivity index (χ2v) is 4.79. The zero-order chi connectivity index (χ0) is 15.9. The predicted molar refractivity (Wildman–Crippen MR) is 79.9 cm³/mol. The zero-order valence-corrected chi connectivity index (χ0v) is 12.3. The number of carbonyl (C=O) groups excluding carboxylic acids is 1. The molecule has 0 radical (unpaired) electrons. The first-order valence-electron chi connectivity index (χ1n) is 7.04. The largest absolute Gasteiger partial charge is 0.461 e. The van der Waals surface area contributed by atoms with Crippen LogP contribution in [0.5, 0.6) is 0 Å². The maximum Gasteiger partial charge on any atom is 0.246 e. The number of hydrogen-bond acceptors (Lipinski definition) is 6. The highest BCUT2D eigenvalue weighted by molar-refractivity contribution is 5.77. The minimum Gasteiger partial charge on any atom is -0.461 e. The van der Waals surface area contributed by atoms with Gasteiger partial charge >= 0.3 is 0 Å². The number of furan rings is 1. The third-order valence-corrected chi connectivity index (χ3v) is 3.02. The number of pyridine rings is 1. The van der Waals surface area contributed by atoms with E-state index in [-0.39, 0.29) is 19.1 Å². The van der Waals surface area contributed by atoms with Crippen LogP contribution in [-0.2, 0) is 22.7 Å². The van der Waals surface area contributed by atoms with E-state index in [1.807, 2.05) is 12.1 Å². The van der Waals surface area contributed by atoms with Crippen LogP contribution in [0.4, 0.5) is 0 Å². The monoisotopic (exact) mass is 313 g/mol. The number of aromatic nitrogens is 2. The minimum atomic E-state index is -0.205. The van der Waals surface area contributed by atoms with E-state index in [1.165, 1.54) is 0 Å². The molecule has 3 rings (SSSR count). The Bertz CT molecular complexity index is 738. The van der Waals surface area contributed by atoms with Crippen molar-refractivity contribution >= 4 is 5.91 Å². The Morgan fingerprint density at radius 1 is 1.26 bits per heavy atom. The molecule has 0 spiro atoms. The van der Waals surface area contributed by atoms with E-state index < -0.39 is 0 Å². The number of hydrogen-bond donors (Lipinski definition) is 1. The molecule has 0 bridgehead atoms. The van der Waals surface area contributed by atoms with E-state index in [1.54, 1.807) is 36.9 Å². The highest BCUT2D eigenvalue weighted by Crippen LogP contribution is 2.20. The van der Waals surface area contributed by atoms with Gasteiger partial charge in [-0.1, -0.05) is 11.2 Å². The Labute approximate surface area is 132 Å². The van der Waals surface area contributed by atoms with Gasteiger partial charge in [0.05, 0.1) is 12.9 Å². The fourth-order valence-corrected chi connectivity index (χ4v) is 1.92. The highest BCUT2D eigenvalue weighted by Gasteiger charge is 2.09. The molecular formula is C16H15N3O4. The van der Waals surface area contributed by atoms with E-state index in [4.69, 9.17) is 13.7 Å². The Hall–Kier alpha value is -2.93. The van der Waals surface area contributed by atoms with Gasteiger partial charge in [0.1, 0.15) is 12.3 Å². The van der Waals surface area contributed by atoms with Crippen molar-refractivity contribution in [2.45, 2.75) is 13.2 Å². The van der Waals surface area contributed by atoms with E-state index in [2.05, 4.69) is 15.5 Å². The van der Waals surface area contributed by atoms with Crippen LogP contribution < -0.4 is 5.32 Å². The molecule has 0 saturated carbocycles. The molecule has 7 heteroatoms. The van der Waals surface area contributed by atoms with Gasteiger partial charge in [0.25, 0.3) is 0 Å². The van der Waals surface area contributed by atoms with E-state index >= 15 is 0 Å². The molecule has 0 fully saturated rings. The summed E-state index contributed by atoms with van der Waals surface area (Å²) in [5.41, 5.74) is 1.52. The normalized spacial score (nSPS) is 10.6. The third kappa shape index (κ3) is 4.27. The summed E-state index contributed by atoms with van der Waals surface area (Å²) < 4.78 is 15.7. The van der Waals surface area contributed by atoms with Crippen LogP contribution >= 0.6 is 0 Å². The lowest BCUT2D eigenvalue weighted by Gasteiger charge is -2.05. The summed E-state index contributed by atoms with van der Waals surface area (Å²) in [6.45, 7) is 0.552. The molecule has 0 atom stereocenters. The maximum atomic E-state index is 11.7. The molecule has 0 aliphatic rings. The van der Waals surface area contributed by atoms with Crippen molar-refractivity contribution in [3.63, 3.8) is 0 Å². The number of rotatable bonds is 7. The van der Waals surface area contributed by atoms with Crippen LogP contribution in [0.25, 0.3) is 11.5 Å². The van der Waals surface area contributed by atoms with Gasteiger partial charge < -0.3 is 19.0 Å². The average molecular weight is 313 g/mol. The van der Waals surface area contributed by atoms with Crippen molar-refractivity contribution in [3.8, 4) is 11.5 Å². The molecule has 0 aliphatic heterocycles. The number of carbonyl (C=O) groups is 1. The lowest BCUT2D eigenvalue weighted by atomic mass is 10.3. The molecule has 0 unspecified atom stereocenters. The van der Waals surface area contributed by atoms with Gasteiger partial charge in [-0.25, -0.2) is 0 Å². The van der Waals surface area contributed by atoms with Crippen molar-refractivity contribution in [2.75, 3.05) is 6.61 Å². The Kier molecular flexibility index (Phi) is 4.80. The molecule has 3 heterocycles. The van der Waals surface area contributed by atoms with Crippen molar-refractivity contribution in [3.05, 3.63) is 60.2 Å². The smallest absolute Gasteiger partial charge is 0.246 e. The molecule has 118 valence electrons. The molecule has 0 saturated heterocycles. The van der Waals surface area contributed by atoms with Gasteiger partial charge in [-0.2, -0.15) is 0 Å². The highest BCUT2D eigenvalue weighted by atomic mass is 16.5. The van der Waals surface area contributed by atoms with Crippen molar-refractivity contribution < 1.29 is 18.5 Å². The van der Waals surface area contributed by atoms with Crippen LogP contribution in [0.3, 0.4) is 0 Å². The van der Waals surface area contributed by atoms with E-state index in [0.717, 1.165) is 5.56 Å². The first-order chi connectivity index (χ1) is 11.3. The quantitative estimate of drug-likeness (QED) is 0.719. The van der Waals surface area contributed by atoms with Crippen LogP contribution in [0, 0.1) is 0 Å². The van der Waals surface area contributed by atoms with E-state index in [9.17, 15) is 4.79 Å². The summed E-state index contributed by atoms with van der Waals surface area (Å²) in [7, 11) is 0. The van der Waals surface area contributed by atoms with Gasteiger partial charge in [-0.05, 0) is 23.8 Å². The Balaban J connectivity index is 1.40. The number of amides is 1. The number of ether oxygens (including phenoxy) is 1. The fourth-order valence-electron chi connectivity index (χ4n) is 1.92. The number of nitrogens with one attached hydrogen (secondary N) is 1. The molecule has 0 aromatic carbocycles. The molecule has 1 N–H and O–H groups in total. The second kappa shape index (κ2) is 7.37. The van der Waals surface area contributed by atoms with E-state index in [0.29, 0.717) is 23.8 Å². The predicted octanol–water partition coefficient (Wildman–Crippen LogP) is 2.16. The summed E-state index contributed by atoms with van der Waals surface area (Å²) in [4.78, 5) is 15.7. The molecular weight excluding hydrogens is 298 g/mol. The van der Waals surface area contributed by atoms with Gasteiger partial charge in [0.2, 0.25) is 11.7 Å². The van der Waals surface area contributed by atoms with Gasteiger partial charge in [0, 0.05) is 25.0 Å². The fraction of sp³-hybridized carbons (Fsp3) is 0.188. The lowest BCUT2D eigenvalue weighted by molar-refractivity contribution is -0.126. The molecule has 0 aliphatic carbocycles. The molecule has 23 heavy (non-hydrogen) atoms. The Morgan fingerprint density at radius 2 is 2.22 bits per heavy atom. The lowest BCUT2D eigenvalue weighted by Crippen LogP contribution is -2.27. The SMILES string of the molecule is O=C(COCc1cc(-c2ccco2)on1)NCc1cccnc1. The minimum absolute atomic E-state index is 0.0524. The van der Waals surface area contributed by atoms with Crippen LogP contribution in [0.15, 0.2) is 57.9 Å². The molecule has 3 aromatic rings. The van der Waals surface area contributed by atoms with Crippen LogP contribution in [0.1, 0.15) is 11.3 Å². The first kappa shape index (κ1) is 15.0. The number of nitrogens with zero attached hydrogens (tertiary/aromatic N) is 2. The van der Waals surface area contributed by atoms with Crippen LogP contribution in [0.2, 0.25) is 0 Å². The molecule has 1 amide bonds. The van der Waals surface area contributed by atoms with Crippen LogP contribution in [-0.4, -0.2) is 22.7 Å². The van der Waals surface area contributed by atoms with Crippen molar-refractivity contribution in [1.29, 1.82) is 0 Å². The Morgan fingerprint density at radius 3 is 3.00 bits per heavy atom.